The second-order valence-electron chi connectivity index (χ2n) is 8.70. The lowest BCUT2D eigenvalue weighted by atomic mass is 10.1. The molecule has 0 aliphatic carbocycles. The first-order valence-electron chi connectivity index (χ1n) is 10.1. The molecule has 8 heteroatoms. The molecule has 1 saturated heterocycles. The number of rotatable bonds is 3. The Labute approximate surface area is 180 Å². The van der Waals surface area contributed by atoms with Crippen LogP contribution in [-0.2, 0) is 11.3 Å². The predicted octanol–water partition coefficient (Wildman–Crippen LogP) is 4.17. The number of hydrogen-bond donors (Lipinski definition) is 0. The van der Waals surface area contributed by atoms with Gasteiger partial charge in [0, 0.05) is 6.54 Å². The fraction of sp³-hybridized carbons (Fsp3) is 0.500. The van der Waals surface area contributed by atoms with E-state index >= 15 is 0 Å². The predicted molar refractivity (Wildman–Crippen MR) is 115 cm³/mol. The number of carbonyl (C=O) groups excluding carboxylic acids is 2. The first kappa shape index (κ1) is 20.7. The van der Waals surface area contributed by atoms with Crippen LogP contribution >= 0.6 is 11.3 Å². The molecule has 3 heterocycles. The summed E-state index contributed by atoms with van der Waals surface area (Å²) in [5.74, 6) is 0.734. The van der Waals surface area contributed by atoms with Crippen LogP contribution in [0.1, 0.15) is 49.5 Å². The summed E-state index contributed by atoms with van der Waals surface area (Å²) in [6.45, 7) is 8.60. The number of methoxy groups -OCH3 is 1. The molecule has 1 aromatic heterocycles. The third-order valence-corrected chi connectivity index (χ3v) is 6.67. The van der Waals surface area contributed by atoms with Gasteiger partial charge in [0.15, 0.2) is 0 Å². The summed E-state index contributed by atoms with van der Waals surface area (Å²) in [6, 6.07) is 7.54. The second kappa shape index (κ2) is 7.58. The van der Waals surface area contributed by atoms with E-state index < -0.39 is 5.60 Å². The summed E-state index contributed by atoms with van der Waals surface area (Å²) < 4.78 is 11.0. The van der Waals surface area contributed by atoms with Gasteiger partial charge in [0.25, 0.3) is 5.91 Å². The lowest BCUT2D eigenvalue weighted by molar-refractivity contribution is 0.0198. The van der Waals surface area contributed by atoms with E-state index in [0.29, 0.717) is 18.0 Å². The fourth-order valence-electron chi connectivity index (χ4n) is 4.11. The van der Waals surface area contributed by atoms with Crippen molar-refractivity contribution in [3.05, 3.63) is 34.8 Å². The minimum atomic E-state index is -0.540. The molecule has 2 atom stereocenters. The van der Waals surface area contributed by atoms with E-state index in [0.717, 1.165) is 28.4 Å². The highest BCUT2D eigenvalue weighted by atomic mass is 32.1. The highest BCUT2D eigenvalue weighted by Gasteiger charge is 2.44. The quantitative estimate of drug-likeness (QED) is 0.732. The molecule has 1 fully saturated rings. The Bertz CT molecular complexity index is 981. The molecule has 0 bridgehead atoms. The maximum absolute atomic E-state index is 13.2. The Morgan fingerprint density at radius 1 is 1.27 bits per heavy atom. The Kier molecular flexibility index (Phi) is 5.22. The number of likely N-dealkylation sites (tertiary alicyclic amines) is 1. The zero-order chi connectivity index (χ0) is 21.6. The highest BCUT2D eigenvalue weighted by Crippen LogP contribution is 2.39. The molecular formula is C22H27N3O4S. The number of amides is 2. The maximum atomic E-state index is 13.2. The average molecular weight is 430 g/mol. The van der Waals surface area contributed by atoms with Gasteiger partial charge in [0.05, 0.1) is 37.0 Å². The third-order valence-electron chi connectivity index (χ3n) is 5.55. The average Bonchev–Trinajstić information content (AvgIpc) is 3.34. The number of benzene rings is 1. The number of hydrogen-bond acceptors (Lipinski definition) is 6. The number of para-hydroxylation sites is 1. The van der Waals surface area contributed by atoms with Crippen LogP contribution in [0.25, 0.3) is 10.6 Å². The SMILES string of the molecule is COc1ccccc1-c1nc2c(s1)C(=O)N([C@@H]1CCN(C(=O)OC(C)(C)C)[C@@H]1C)C2. The second-order valence-corrected chi connectivity index (χ2v) is 9.70. The summed E-state index contributed by atoms with van der Waals surface area (Å²) in [4.78, 5) is 34.7. The summed E-state index contributed by atoms with van der Waals surface area (Å²) in [5, 5.41) is 0.792. The summed E-state index contributed by atoms with van der Waals surface area (Å²) in [5.41, 5.74) is 1.15. The summed E-state index contributed by atoms with van der Waals surface area (Å²) in [6.07, 6.45) is 0.413. The van der Waals surface area contributed by atoms with Crippen molar-refractivity contribution in [2.45, 2.75) is 58.3 Å². The number of nitrogens with zero attached hydrogens (tertiary/aromatic N) is 3. The molecule has 160 valence electrons. The van der Waals surface area contributed by atoms with Crippen molar-refractivity contribution >= 4 is 23.3 Å². The van der Waals surface area contributed by atoms with Gasteiger partial charge in [-0.25, -0.2) is 9.78 Å². The lowest BCUT2D eigenvalue weighted by Gasteiger charge is -2.31. The topological polar surface area (TPSA) is 72.0 Å². The van der Waals surface area contributed by atoms with Gasteiger partial charge >= 0.3 is 6.09 Å². The number of carbonyl (C=O) groups is 2. The van der Waals surface area contributed by atoms with Gasteiger partial charge < -0.3 is 19.3 Å². The standard InChI is InChI=1S/C22H27N3O4S/c1-13-16(10-11-24(13)21(27)29-22(2,3)4)25-12-15-18(20(25)26)30-19(23-15)14-8-6-7-9-17(14)28-5/h6-9,13,16H,10-12H2,1-5H3/t13-,16-/m1/s1. The van der Waals surface area contributed by atoms with Crippen molar-refractivity contribution in [1.29, 1.82) is 0 Å². The van der Waals surface area contributed by atoms with Crippen LogP contribution in [0.3, 0.4) is 0 Å². The van der Waals surface area contributed by atoms with Crippen LogP contribution in [0.15, 0.2) is 24.3 Å². The molecule has 0 spiro atoms. The van der Waals surface area contributed by atoms with Gasteiger partial charge in [-0.1, -0.05) is 12.1 Å². The molecule has 30 heavy (non-hydrogen) atoms. The normalized spacial score (nSPS) is 21.2. The molecule has 0 saturated carbocycles. The Hall–Kier alpha value is -2.61. The van der Waals surface area contributed by atoms with E-state index in [2.05, 4.69) is 0 Å². The van der Waals surface area contributed by atoms with E-state index in [1.807, 2.05) is 56.9 Å². The number of aromatic nitrogens is 1. The zero-order valence-electron chi connectivity index (χ0n) is 18.0. The third kappa shape index (κ3) is 3.64. The van der Waals surface area contributed by atoms with Crippen LogP contribution in [-0.4, -0.2) is 58.1 Å². The van der Waals surface area contributed by atoms with Gasteiger partial charge in [-0.3, -0.25) is 4.79 Å². The van der Waals surface area contributed by atoms with E-state index in [1.54, 1.807) is 12.0 Å². The van der Waals surface area contributed by atoms with Crippen LogP contribution in [0.4, 0.5) is 4.79 Å². The molecule has 0 N–H and O–H groups in total. The molecule has 1 aromatic carbocycles. The van der Waals surface area contributed by atoms with Crippen molar-refractivity contribution in [2.24, 2.45) is 0 Å². The van der Waals surface area contributed by atoms with Crippen LogP contribution in [0, 0.1) is 0 Å². The fourth-order valence-corrected chi connectivity index (χ4v) is 5.17. The van der Waals surface area contributed by atoms with Crippen molar-refractivity contribution in [2.75, 3.05) is 13.7 Å². The van der Waals surface area contributed by atoms with Crippen molar-refractivity contribution in [1.82, 2.24) is 14.8 Å². The van der Waals surface area contributed by atoms with Gasteiger partial charge in [0.1, 0.15) is 21.2 Å². The molecule has 2 aliphatic rings. The molecule has 2 amide bonds. The molecular weight excluding hydrogens is 402 g/mol. The Morgan fingerprint density at radius 3 is 2.67 bits per heavy atom. The van der Waals surface area contributed by atoms with Crippen LogP contribution < -0.4 is 4.74 Å². The summed E-state index contributed by atoms with van der Waals surface area (Å²) >= 11 is 1.40. The van der Waals surface area contributed by atoms with Crippen LogP contribution in [0.2, 0.25) is 0 Å². The first-order valence-corrected chi connectivity index (χ1v) is 10.9. The molecule has 0 radical (unpaired) electrons. The number of ether oxygens (including phenoxy) is 2. The zero-order valence-corrected chi connectivity index (χ0v) is 18.8. The van der Waals surface area contributed by atoms with Crippen molar-refractivity contribution in [3.63, 3.8) is 0 Å². The van der Waals surface area contributed by atoms with E-state index in [9.17, 15) is 9.59 Å². The smallest absolute Gasteiger partial charge is 0.410 e. The molecule has 7 nitrogen and oxygen atoms in total. The minimum Gasteiger partial charge on any atom is -0.496 e. The lowest BCUT2D eigenvalue weighted by Crippen LogP contribution is -2.46. The van der Waals surface area contributed by atoms with Gasteiger partial charge in [0.2, 0.25) is 0 Å². The summed E-state index contributed by atoms with van der Waals surface area (Å²) in [7, 11) is 1.63. The number of fused-ring (bicyclic) bond motifs is 1. The van der Waals surface area contributed by atoms with E-state index in [-0.39, 0.29) is 24.1 Å². The van der Waals surface area contributed by atoms with Crippen molar-refractivity contribution < 1.29 is 19.1 Å². The van der Waals surface area contributed by atoms with Gasteiger partial charge in [-0.2, -0.15) is 0 Å². The first-order chi connectivity index (χ1) is 14.2. The maximum Gasteiger partial charge on any atom is 0.410 e. The van der Waals surface area contributed by atoms with Crippen LogP contribution in [0.5, 0.6) is 5.75 Å². The van der Waals surface area contributed by atoms with E-state index in [4.69, 9.17) is 14.5 Å². The Morgan fingerprint density at radius 2 is 2.00 bits per heavy atom. The van der Waals surface area contributed by atoms with Crippen molar-refractivity contribution in [3.8, 4) is 16.3 Å². The van der Waals surface area contributed by atoms with Gasteiger partial charge in [-0.15, -0.1) is 11.3 Å². The Balaban J connectivity index is 1.50. The van der Waals surface area contributed by atoms with E-state index in [1.165, 1.54) is 11.3 Å². The molecule has 2 aliphatic heterocycles. The highest BCUT2D eigenvalue weighted by molar-refractivity contribution is 7.17. The number of thiazole rings is 1. The molecule has 2 aromatic rings. The largest absolute Gasteiger partial charge is 0.496 e. The van der Waals surface area contributed by atoms with Gasteiger partial charge in [-0.05, 0) is 46.2 Å². The minimum absolute atomic E-state index is 0.00784. The molecule has 4 rings (SSSR count). The monoisotopic (exact) mass is 429 g/mol. The molecule has 0 unspecified atom stereocenters.